The van der Waals surface area contributed by atoms with E-state index in [0.717, 1.165) is 18.9 Å². The predicted octanol–water partition coefficient (Wildman–Crippen LogP) is 1.64. The van der Waals surface area contributed by atoms with Crippen LogP contribution in [0, 0.1) is 11.7 Å². The van der Waals surface area contributed by atoms with E-state index >= 15 is 0 Å². The van der Waals surface area contributed by atoms with Crippen LogP contribution >= 0.6 is 0 Å². The van der Waals surface area contributed by atoms with Crippen LogP contribution in [0.1, 0.15) is 19.8 Å². The molecule has 0 saturated heterocycles. The molecule has 1 saturated carbocycles. The van der Waals surface area contributed by atoms with Crippen LogP contribution in [0.4, 0.5) is 4.39 Å². The van der Waals surface area contributed by atoms with Crippen molar-refractivity contribution in [2.45, 2.75) is 24.8 Å². The van der Waals surface area contributed by atoms with Crippen LogP contribution in [0.2, 0.25) is 0 Å². The molecule has 6 heteroatoms. The fraction of sp³-hybridized carbons (Fsp3) is 0.545. The summed E-state index contributed by atoms with van der Waals surface area (Å²) in [4.78, 5) is 3.64. The quantitative estimate of drug-likeness (QED) is 0.806. The van der Waals surface area contributed by atoms with Gasteiger partial charge in [0.15, 0.2) is 5.82 Å². The summed E-state index contributed by atoms with van der Waals surface area (Å²) in [5.74, 6) is -0.363. The van der Waals surface area contributed by atoms with Crippen LogP contribution in [0.25, 0.3) is 0 Å². The fourth-order valence-electron chi connectivity index (χ4n) is 1.67. The molecule has 2 rings (SSSR count). The molecule has 1 aromatic rings. The summed E-state index contributed by atoms with van der Waals surface area (Å²) in [6.07, 6.45) is 3.40. The first-order valence-corrected chi connectivity index (χ1v) is 7.10. The lowest BCUT2D eigenvalue weighted by atomic mass is 10.4. The van der Waals surface area contributed by atoms with E-state index in [2.05, 4.69) is 4.98 Å². The zero-order chi connectivity index (χ0) is 12.5. The zero-order valence-electron chi connectivity index (χ0n) is 9.63. The lowest BCUT2D eigenvalue weighted by molar-refractivity contribution is 0.405. The third-order valence-corrected chi connectivity index (χ3v) is 4.70. The number of aromatic nitrogens is 1. The van der Waals surface area contributed by atoms with Crippen molar-refractivity contribution in [1.29, 1.82) is 0 Å². The smallest absolute Gasteiger partial charge is 0.241 e. The maximum Gasteiger partial charge on any atom is 0.263 e. The number of sulfonamides is 1. The molecule has 4 nitrogen and oxygen atoms in total. The van der Waals surface area contributed by atoms with E-state index in [1.165, 1.54) is 16.6 Å². The standard InChI is InChI=1S/C11H15FN2O2S/c1-2-14(8-9-5-6-9)17(15,16)11-10(12)4-3-7-13-11/h3-4,7,9H,2,5-6,8H2,1H3. The highest BCUT2D eigenvalue weighted by Gasteiger charge is 2.32. The minimum absolute atomic E-state index is 0.342. The Labute approximate surface area is 101 Å². The maximum absolute atomic E-state index is 13.5. The van der Waals surface area contributed by atoms with E-state index in [1.54, 1.807) is 6.92 Å². The van der Waals surface area contributed by atoms with E-state index in [4.69, 9.17) is 0 Å². The molecular weight excluding hydrogens is 243 g/mol. The van der Waals surface area contributed by atoms with Crippen LogP contribution in [0.3, 0.4) is 0 Å². The molecule has 94 valence electrons. The summed E-state index contributed by atoms with van der Waals surface area (Å²) in [6.45, 7) is 2.56. The summed E-state index contributed by atoms with van der Waals surface area (Å²) in [6, 6.07) is 2.50. The molecule has 1 aliphatic carbocycles. The first-order valence-electron chi connectivity index (χ1n) is 5.66. The van der Waals surface area contributed by atoms with Crippen molar-refractivity contribution in [2.24, 2.45) is 5.92 Å². The molecule has 17 heavy (non-hydrogen) atoms. The predicted molar refractivity (Wildman–Crippen MR) is 61.4 cm³/mol. The maximum atomic E-state index is 13.5. The Morgan fingerprint density at radius 1 is 1.53 bits per heavy atom. The van der Waals surface area contributed by atoms with E-state index < -0.39 is 20.9 Å². The minimum atomic E-state index is -3.79. The van der Waals surface area contributed by atoms with Gasteiger partial charge >= 0.3 is 0 Å². The summed E-state index contributed by atoms with van der Waals surface area (Å²) in [5.41, 5.74) is 0. The highest BCUT2D eigenvalue weighted by Crippen LogP contribution is 2.31. The molecule has 0 radical (unpaired) electrons. The highest BCUT2D eigenvalue weighted by atomic mass is 32.2. The molecule has 0 aliphatic heterocycles. The molecule has 0 unspecified atom stereocenters. The summed E-state index contributed by atoms with van der Waals surface area (Å²) in [7, 11) is -3.79. The van der Waals surface area contributed by atoms with Crippen molar-refractivity contribution < 1.29 is 12.8 Å². The van der Waals surface area contributed by atoms with Gasteiger partial charge in [-0.2, -0.15) is 4.31 Å². The topological polar surface area (TPSA) is 50.3 Å². The van der Waals surface area contributed by atoms with Gasteiger partial charge in [-0.05, 0) is 30.9 Å². The third-order valence-electron chi connectivity index (χ3n) is 2.82. The summed E-state index contributed by atoms with van der Waals surface area (Å²) < 4.78 is 39.1. The van der Waals surface area contributed by atoms with Crippen molar-refractivity contribution in [3.05, 3.63) is 24.1 Å². The van der Waals surface area contributed by atoms with Crippen molar-refractivity contribution in [3.8, 4) is 0 Å². The van der Waals surface area contributed by atoms with Gasteiger partial charge in [0, 0.05) is 19.3 Å². The van der Waals surface area contributed by atoms with Crippen LogP contribution in [0.15, 0.2) is 23.4 Å². The van der Waals surface area contributed by atoms with Crippen LogP contribution in [0.5, 0.6) is 0 Å². The molecular formula is C11H15FN2O2S. The van der Waals surface area contributed by atoms with Crippen LogP contribution < -0.4 is 0 Å². The van der Waals surface area contributed by atoms with Crippen LogP contribution in [-0.4, -0.2) is 30.8 Å². The lowest BCUT2D eigenvalue weighted by Gasteiger charge is -2.19. The van der Waals surface area contributed by atoms with Crippen molar-refractivity contribution >= 4 is 10.0 Å². The average Bonchev–Trinajstić information content (AvgIpc) is 3.09. The third kappa shape index (κ3) is 2.63. The van der Waals surface area contributed by atoms with Crippen LogP contribution in [-0.2, 0) is 10.0 Å². The summed E-state index contributed by atoms with van der Waals surface area (Å²) in [5, 5.41) is -0.470. The second kappa shape index (κ2) is 4.70. The highest BCUT2D eigenvalue weighted by molar-refractivity contribution is 7.89. The number of nitrogens with zero attached hydrogens (tertiary/aromatic N) is 2. The number of pyridine rings is 1. The van der Waals surface area contributed by atoms with E-state index in [-0.39, 0.29) is 0 Å². The normalized spacial score (nSPS) is 16.4. The zero-order valence-corrected chi connectivity index (χ0v) is 10.5. The molecule has 0 aromatic carbocycles. The Bertz CT molecular complexity index is 500. The molecule has 1 aliphatic rings. The lowest BCUT2D eigenvalue weighted by Crippen LogP contribution is -2.33. The molecule has 1 heterocycles. The average molecular weight is 258 g/mol. The van der Waals surface area contributed by atoms with Gasteiger partial charge in [-0.15, -0.1) is 0 Å². The molecule has 1 fully saturated rings. The molecule has 0 atom stereocenters. The summed E-state index contributed by atoms with van der Waals surface area (Å²) >= 11 is 0. The van der Waals surface area contributed by atoms with Crippen molar-refractivity contribution in [3.63, 3.8) is 0 Å². The second-order valence-electron chi connectivity index (χ2n) is 4.19. The van der Waals surface area contributed by atoms with Gasteiger partial charge in [0.25, 0.3) is 10.0 Å². The Morgan fingerprint density at radius 2 is 2.24 bits per heavy atom. The number of halogens is 1. The Kier molecular flexibility index (Phi) is 3.44. The van der Waals surface area contributed by atoms with Gasteiger partial charge in [0.2, 0.25) is 5.03 Å². The molecule has 0 N–H and O–H groups in total. The largest absolute Gasteiger partial charge is 0.263 e. The van der Waals surface area contributed by atoms with E-state index in [1.807, 2.05) is 0 Å². The van der Waals surface area contributed by atoms with Gasteiger partial charge in [-0.25, -0.2) is 17.8 Å². The van der Waals surface area contributed by atoms with E-state index in [0.29, 0.717) is 19.0 Å². The first-order chi connectivity index (χ1) is 8.05. The van der Waals surface area contributed by atoms with E-state index in [9.17, 15) is 12.8 Å². The number of hydrogen-bond donors (Lipinski definition) is 0. The number of rotatable bonds is 5. The Balaban J connectivity index is 2.30. The van der Waals surface area contributed by atoms with Gasteiger partial charge in [-0.1, -0.05) is 6.92 Å². The van der Waals surface area contributed by atoms with Gasteiger partial charge in [0.1, 0.15) is 0 Å². The minimum Gasteiger partial charge on any atom is -0.241 e. The van der Waals surface area contributed by atoms with Crippen molar-refractivity contribution in [2.75, 3.05) is 13.1 Å². The van der Waals surface area contributed by atoms with Crippen molar-refractivity contribution in [1.82, 2.24) is 9.29 Å². The Hall–Kier alpha value is -1.01. The van der Waals surface area contributed by atoms with Gasteiger partial charge in [-0.3, -0.25) is 0 Å². The monoisotopic (exact) mass is 258 g/mol. The number of hydrogen-bond acceptors (Lipinski definition) is 3. The Morgan fingerprint density at radius 3 is 2.76 bits per heavy atom. The molecule has 0 bridgehead atoms. The van der Waals surface area contributed by atoms with Gasteiger partial charge in [0.05, 0.1) is 0 Å². The second-order valence-corrected chi connectivity index (χ2v) is 6.04. The first kappa shape index (κ1) is 12.4. The molecule has 0 amide bonds. The van der Waals surface area contributed by atoms with Gasteiger partial charge < -0.3 is 0 Å². The molecule has 1 aromatic heterocycles. The molecule has 0 spiro atoms. The SMILES string of the molecule is CCN(CC1CC1)S(=O)(=O)c1ncccc1F. The fourth-order valence-corrected chi connectivity index (χ4v) is 3.17.